The van der Waals surface area contributed by atoms with Gasteiger partial charge >= 0.3 is 0 Å². The second-order valence-electron chi connectivity index (χ2n) is 7.78. The lowest BCUT2D eigenvalue weighted by Gasteiger charge is -2.26. The Hall–Kier alpha value is -2.31. The Kier molecular flexibility index (Phi) is 5.06. The normalized spacial score (nSPS) is 19.6. The molecular formula is C22H28N4O2. The molecule has 5 rings (SSSR count). The molecule has 0 atom stereocenters. The molecule has 28 heavy (non-hydrogen) atoms. The minimum atomic E-state index is 0.756. The zero-order valence-corrected chi connectivity index (χ0v) is 16.3. The van der Waals surface area contributed by atoms with Crippen LogP contribution in [-0.2, 0) is 4.74 Å². The number of rotatable bonds is 6. The maximum Gasteiger partial charge on any atom is 0.119 e. The van der Waals surface area contributed by atoms with Crippen LogP contribution in [0.3, 0.4) is 0 Å². The summed E-state index contributed by atoms with van der Waals surface area (Å²) in [5.74, 6) is 0.978. The standard InChI is InChI=1S/C22H28N4O2/c1-3-22-19-15-17(28-12-2-8-25-10-13-27-14-11-25)4-5-18(19)20(16-26(22)9-1)21-6-7-23-24-21/h4-7,15H,1-3,8-14,16H2,(H,23,24). The number of morpholine rings is 1. The first kappa shape index (κ1) is 17.8. The number of fused-ring (bicyclic) bond motifs is 2. The lowest BCUT2D eigenvalue weighted by Crippen LogP contribution is -2.41. The zero-order valence-electron chi connectivity index (χ0n) is 16.3. The first-order chi connectivity index (χ1) is 13.9. The van der Waals surface area contributed by atoms with Crippen LogP contribution >= 0.6 is 0 Å². The van der Waals surface area contributed by atoms with Gasteiger partial charge in [0.25, 0.3) is 0 Å². The van der Waals surface area contributed by atoms with Gasteiger partial charge in [-0.3, -0.25) is 10.00 Å². The third-order valence-electron chi connectivity index (χ3n) is 6.02. The van der Waals surface area contributed by atoms with Gasteiger partial charge in [0.2, 0.25) is 0 Å². The van der Waals surface area contributed by atoms with E-state index in [0.717, 1.165) is 76.8 Å². The molecule has 1 N–H and O–H groups in total. The summed E-state index contributed by atoms with van der Waals surface area (Å²) in [5, 5.41) is 9.95. The average Bonchev–Trinajstić information content (AvgIpc) is 3.43. The molecule has 4 heterocycles. The molecule has 6 nitrogen and oxygen atoms in total. The number of benzene rings is 1. The van der Waals surface area contributed by atoms with Gasteiger partial charge in [-0.15, -0.1) is 0 Å². The molecule has 148 valence electrons. The molecule has 2 fully saturated rings. The molecule has 0 amide bonds. The minimum absolute atomic E-state index is 0.756. The number of aromatic nitrogens is 2. The van der Waals surface area contributed by atoms with Gasteiger partial charge < -0.3 is 14.4 Å². The maximum atomic E-state index is 6.12. The molecule has 0 spiro atoms. The third kappa shape index (κ3) is 3.54. The number of nitrogens with one attached hydrogen (secondary N) is 1. The van der Waals surface area contributed by atoms with Crippen LogP contribution in [-0.4, -0.2) is 72.5 Å². The van der Waals surface area contributed by atoms with E-state index in [2.05, 4.69) is 44.3 Å². The Bertz CT molecular complexity index is 932. The van der Waals surface area contributed by atoms with E-state index in [1.54, 1.807) is 0 Å². The molecule has 2 aromatic rings. The van der Waals surface area contributed by atoms with Gasteiger partial charge in [0, 0.05) is 55.4 Å². The van der Waals surface area contributed by atoms with Crippen LogP contribution in [0.15, 0.2) is 30.5 Å². The van der Waals surface area contributed by atoms with Crippen molar-refractivity contribution in [3.05, 3.63) is 46.6 Å². The summed E-state index contributed by atoms with van der Waals surface area (Å²) in [6.07, 6.45) is 5.27. The van der Waals surface area contributed by atoms with Crippen molar-refractivity contribution in [3.8, 4) is 5.75 Å². The quantitative estimate of drug-likeness (QED) is 0.756. The highest BCUT2D eigenvalue weighted by atomic mass is 16.5. The van der Waals surface area contributed by atoms with Gasteiger partial charge in [-0.05, 0) is 42.7 Å². The number of hydrogen-bond donors (Lipinski definition) is 1. The van der Waals surface area contributed by atoms with Crippen molar-refractivity contribution in [3.63, 3.8) is 0 Å². The number of nitrogens with zero attached hydrogens (tertiary/aromatic N) is 3. The zero-order chi connectivity index (χ0) is 18.8. The highest BCUT2D eigenvalue weighted by molar-refractivity contribution is 5.69. The number of H-pyrrole nitrogens is 1. The van der Waals surface area contributed by atoms with Crippen molar-refractivity contribution < 1.29 is 9.47 Å². The average molecular weight is 380 g/mol. The lowest BCUT2D eigenvalue weighted by atomic mass is 10.0. The van der Waals surface area contributed by atoms with Crippen molar-refractivity contribution in [2.45, 2.75) is 19.3 Å². The molecule has 0 saturated carbocycles. The van der Waals surface area contributed by atoms with Gasteiger partial charge in [0.05, 0.1) is 25.5 Å². The van der Waals surface area contributed by atoms with Crippen LogP contribution in [0.2, 0.25) is 0 Å². The van der Waals surface area contributed by atoms with E-state index in [1.165, 1.54) is 28.1 Å². The minimum Gasteiger partial charge on any atom is -0.494 e. The Balaban J connectivity index is 1.35. The number of ether oxygens (including phenoxy) is 2. The van der Waals surface area contributed by atoms with Gasteiger partial charge in [0.1, 0.15) is 5.75 Å². The monoisotopic (exact) mass is 380 g/mol. The van der Waals surface area contributed by atoms with Gasteiger partial charge in [0.15, 0.2) is 0 Å². The van der Waals surface area contributed by atoms with E-state index in [-0.39, 0.29) is 0 Å². The van der Waals surface area contributed by atoms with Crippen LogP contribution in [0.5, 0.6) is 5.75 Å². The summed E-state index contributed by atoms with van der Waals surface area (Å²) >= 11 is 0. The summed E-state index contributed by atoms with van der Waals surface area (Å²) in [7, 11) is 0. The fourth-order valence-electron chi connectivity index (χ4n) is 4.56. The summed E-state index contributed by atoms with van der Waals surface area (Å²) in [6, 6.07) is 8.66. The number of hydrogen-bond acceptors (Lipinski definition) is 5. The van der Waals surface area contributed by atoms with Crippen molar-refractivity contribution in [2.75, 3.05) is 52.5 Å². The molecule has 1 aromatic heterocycles. The molecule has 3 aliphatic heterocycles. The van der Waals surface area contributed by atoms with E-state index in [1.807, 2.05) is 6.20 Å². The SMILES string of the molecule is c1cc(C2=c3ccc(OCCCN4CCOCC4)cc3=C3CCCN3C2)[nH]n1. The summed E-state index contributed by atoms with van der Waals surface area (Å²) in [6.45, 7) is 7.73. The van der Waals surface area contributed by atoms with Crippen molar-refractivity contribution in [1.29, 1.82) is 0 Å². The van der Waals surface area contributed by atoms with E-state index < -0.39 is 0 Å². The highest BCUT2D eigenvalue weighted by Gasteiger charge is 2.24. The fraction of sp³-hybridized carbons (Fsp3) is 0.500. The van der Waals surface area contributed by atoms with E-state index >= 15 is 0 Å². The highest BCUT2D eigenvalue weighted by Crippen LogP contribution is 2.26. The Morgan fingerprint density at radius 2 is 2.04 bits per heavy atom. The molecule has 1 aromatic carbocycles. The molecule has 0 radical (unpaired) electrons. The van der Waals surface area contributed by atoms with E-state index in [4.69, 9.17) is 9.47 Å². The first-order valence-electron chi connectivity index (χ1n) is 10.4. The van der Waals surface area contributed by atoms with Crippen LogP contribution in [0.25, 0.3) is 11.3 Å². The Morgan fingerprint density at radius 1 is 1.11 bits per heavy atom. The fourth-order valence-corrected chi connectivity index (χ4v) is 4.56. The molecule has 2 saturated heterocycles. The molecule has 6 heteroatoms. The third-order valence-corrected chi connectivity index (χ3v) is 6.02. The Labute approximate surface area is 165 Å². The first-order valence-corrected chi connectivity index (χ1v) is 10.4. The summed E-state index contributed by atoms with van der Waals surface area (Å²) in [5.41, 5.74) is 3.92. The van der Waals surface area contributed by atoms with Gasteiger partial charge in [-0.1, -0.05) is 6.07 Å². The van der Waals surface area contributed by atoms with Crippen molar-refractivity contribution >= 4 is 11.3 Å². The van der Waals surface area contributed by atoms with Crippen LogP contribution < -0.4 is 15.2 Å². The van der Waals surface area contributed by atoms with Crippen molar-refractivity contribution in [1.82, 2.24) is 20.0 Å². The van der Waals surface area contributed by atoms with Gasteiger partial charge in [-0.25, -0.2) is 0 Å². The smallest absolute Gasteiger partial charge is 0.119 e. The molecular weight excluding hydrogens is 352 g/mol. The van der Waals surface area contributed by atoms with Gasteiger partial charge in [-0.2, -0.15) is 5.10 Å². The predicted octanol–water partition coefficient (Wildman–Crippen LogP) is 0.927. The second-order valence-corrected chi connectivity index (χ2v) is 7.78. The maximum absolute atomic E-state index is 6.12. The van der Waals surface area contributed by atoms with Crippen LogP contribution in [0, 0.1) is 0 Å². The van der Waals surface area contributed by atoms with Crippen molar-refractivity contribution in [2.24, 2.45) is 0 Å². The lowest BCUT2D eigenvalue weighted by molar-refractivity contribution is 0.0358. The molecule has 3 aliphatic rings. The number of aromatic amines is 1. The summed E-state index contributed by atoms with van der Waals surface area (Å²) < 4.78 is 11.5. The van der Waals surface area contributed by atoms with E-state index in [9.17, 15) is 0 Å². The largest absolute Gasteiger partial charge is 0.494 e. The molecule has 0 unspecified atom stereocenters. The second kappa shape index (κ2) is 7.97. The topological polar surface area (TPSA) is 53.6 Å². The molecule has 0 aliphatic carbocycles. The van der Waals surface area contributed by atoms with Crippen LogP contribution in [0.4, 0.5) is 0 Å². The van der Waals surface area contributed by atoms with E-state index in [0.29, 0.717) is 0 Å². The Morgan fingerprint density at radius 3 is 2.89 bits per heavy atom. The summed E-state index contributed by atoms with van der Waals surface area (Å²) in [4.78, 5) is 4.97. The molecule has 0 bridgehead atoms. The predicted molar refractivity (Wildman–Crippen MR) is 108 cm³/mol. The van der Waals surface area contributed by atoms with Crippen LogP contribution in [0.1, 0.15) is 25.0 Å².